The van der Waals surface area contributed by atoms with Gasteiger partial charge in [0.2, 0.25) is 0 Å². The maximum atomic E-state index is 16.1. The smallest absolute Gasteiger partial charge is 0.134 e. The zero-order valence-corrected chi connectivity index (χ0v) is 69.3. The van der Waals surface area contributed by atoms with Gasteiger partial charge in [-0.05, 0) is 300 Å². The largest absolute Gasteiger partial charge is 0.207 e. The summed E-state index contributed by atoms with van der Waals surface area (Å²) in [5, 5.41) is 0. The van der Waals surface area contributed by atoms with Crippen LogP contribution in [0, 0.1) is 186 Å². The molecule has 0 aliphatic carbocycles. The summed E-state index contributed by atoms with van der Waals surface area (Å²) < 4.78 is 506. The maximum Gasteiger partial charge on any atom is 0.134 e. The third-order valence-electron chi connectivity index (χ3n) is 23.1. The van der Waals surface area contributed by atoms with E-state index in [1.807, 2.05) is 30.3 Å². The third-order valence-corrected chi connectivity index (χ3v) is 23.1. The monoisotopic (exact) mass is 1950 g/mol. The molecule has 0 atom stereocenters. The van der Waals surface area contributed by atoms with Crippen molar-refractivity contribution in [3.05, 3.63) is 441 Å². The van der Waals surface area contributed by atoms with Gasteiger partial charge in [-0.15, -0.1) is 0 Å². The number of rotatable bonds is 17. The second-order valence-corrected chi connectivity index (χ2v) is 31.8. The van der Waals surface area contributed by atoms with Crippen molar-refractivity contribution in [1.82, 2.24) is 0 Å². The number of halogens is 32. The van der Waals surface area contributed by atoms with Crippen LogP contribution in [0.25, 0.3) is 189 Å². The predicted octanol–water partition coefficient (Wildman–Crippen LogP) is 34.5. The van der Waals surface area contributed by atoms with Crippen molar-refractivity contribution in [3.63, 3.8) is 0 Å². The molecule has 0 bridgehead atoms. The van der Waals surface area contributed by atoms with E-state index in [1.165, 1.54) is 0 Å². The third kappa shape index (κ3) is 17.1. The van der Waals surface area contributed by atoms with E-state index in [9.17, 15) is 8.78 Å². The molecule has 18 aromatic carbocycles. The molecular formula is C108H42F32. The van der Waals surface area contributed by atoms with Gasteiger partial charge >= 0.3 is 0 Å². The molecular weight excluding hydrogens is 1910 g/mol. The molecule has 0 saturated carbocycles. The van der Waals surface area contributed by atoms with Crippen molar-refractivity contribution < 1.29 is 140 Å². The molecule has 0 radical (unpaired) electrons. The van der Waals surface area contributed by atoms with Crippen LogP contribution < -0.4 is 0 Å². The fourth-order valence-electron chi connectivity index (χ4n) is 17.1. The molecule has 0 aliphatic heterocycles. The van der Waals surface area contributed by atoms with Gasteiger partial charge in [0.15, 0.2) is 0 Å². The molecule has 0 aromatic heterocycles. The second kappa shape index (κ2) is 36.3. The Bertz CT molecular complexity index is 7740. The first-order chi connectivity index (χ1) is 66.5. The summed E-state index contributed by atoms with van der Waals surface area (Å²) in [6.45, 7) is 0. The van der Waals surface area contributed by atoms with E-state index < -0.39 is 353 Å². The summed E-state index contributed by atoms with van der Waals surface area (Å²) in [4.78, 5) is 0. The summed E-state index contributed by atoms with van der Waals surface area (Å²) >= 11 is 0. The van der Waals surface area contributed by atoms with Gasteiger partial charge in [-0.3, -0.25) is 0 Å². The first kappa shape index (κ1) is 94.1. The van der Waals surface area contributed by atoms with Crippen LogP contribution >= 0.6 is 0 Å². The Morgan fingerprint density at radius 1 is 0.0786 bits per heavy atom. The molecule has 0 nitrogen and oxygen atoms in total. The minimum absolute atomic E-state index is 0.0654. The van der Waals surface area contributed by atoms with Crippen LogP contribution in [0.3, 0.4) is 0 Å². The number of hydrogen-bond donors (Lipinski definition) is 0. The van der Waals surface area contributed by atoms with Gasteiger partial charge in [0.1, 0.15) is 186 Å². The van der Waals surface area contributed by atoms with E-state index in [4.69, 9.17) is 0 Å². The zero-order valence-electron chi connectivity index (χ0n) is 69.3. The van der Waals surface area contributed by atoms with E-state index >= 15 is 132 Å². The van der Waals surface area contributed by atoms with Gasteiger partial charge in [0.25, 0.3) is 0 Å². The molecule has 32 heteroatoms. The molecule has 0 aliphatic rings. The highest BCUT2D eigenvalue weighted by molar-refractivity contribution is 5.86. The van der Waals surface area contributed by atoms with Crippen molar-refractivity contribution in [3.8, 4) is 189 Å². The molecule has 0 unspecified atom stereocenters. The minimum atomic E-state index is -1.81. The Hall–Kier alpha value is -16.3. The molecule has 0 saturated heterocycles. The van der Waals surface area contributed by atoms with Gasteiger partial charge in [0, 0.05) is 6.07 Å². The molecule has 18 aromatic rings. The molecule has 0 fully saturated rings. The van der Waals surface area contributed by atoms with Crippen molar-refractivity contribution in [2.24, 2.45) is 0 Å². The van der Waals surface area contributed by atoms with E-state index in [1.54, 1.807) is 24.3 Å². The van der Waals surface area contributed by atoms with Crippen molar-refractivity contribution >= 4 is 0 Å². The van der Waals surface area contributed by atoms with Crippen LogP contribution in [0.15, 0.2) is 255 Å². The quantitative estimate of drug-likeness (QED) is 0.0797. The Balaban J connectivity index is 0.541. The topological polar surface area (TPSA) is 0 Å². The average molecular weight is 1950 g/mol. The molecule has 698 valence electrons. The molecule has 18 rings (SSSR count). The van der Waals surface area contributed by atoms with Gasteiger partial charge in [-0.25, -0.2) is 140 Å². The lowest BCUT2D eigenvalue weighted by molar-refractivity contribution is 0.572. The van der Waals surface area contributed by atoms with Crippen LogP contribution in [-0.4, -0.2) is 0 Å². The number of benzene rings is 18. The summed E-state index contributed by atoms with van der Waals surface area (Å²) in [6.07, 6.45) is 0. The number of hydrogen-bond acceptors (Lipinski definition) is 0. The molecule has 0 heterocycles. The lowest BCUT2D eigenvalue weighted by atomic mass is 9.92. The summed E-state index contributed by atoms with van der Waals surface area (Å²) in [7, 11) is 0. The van der Waals surface area contributed by atoms with Crippen molar-refractivity contribution in [2.45, 2.75) is 0 Å². The van der Waals surface area contributed by atoms with Gasteiger partial charge in [-0.2, -0.15) is 0 Å². The Labute approximate surface area is 767 Å². The van der Waals surface area contributed by atoms with Crippen LogP contribution in [0.4, 0.5) is 140 Å². The second-order valence-electron chi connectivity index (χ2n) is 31.8. The molecule has 140 heavy (non-hydrogen) atoms. The van der Waals surface area contributed by atoms with Crippen molar-refractivity contribution in [1.29, 1.82) is 0 Å². The SMILES string of the molecule is Fc1cc(F)cc(-c2c(F)cc(-c3c(F)cc(-c4c(F)cc(-c5c(F)cc(-c6c(F)cc(-c7c(F)cc(-c8c(F)cc(-c9c(F)cc(-c%10c(F)cc(-c%11c(F)cc(-c%12c(F)cc(-c%13c(F)cc(-c%14c(F)cc(-c%15c(F)cc(-c%16c(F)cc(-c%17ccc(-c%18ccccc%18)cc%17)cc%16F)cc%15F)cc%14F)cc%13F)cc%12F)cc%11F)cc%10F)cc9F)cc8F)cc7F)cc6F)cc5F)cc4F)cc3F)cc2F)c1. The van der Waals surface area contributed by atoms with Crippen molar-refractivity contribution in [2.75, 3.05) is 0 Å². The summed E-state index contributed by atoms with van der Waals surface area (Å²) in [6, 6.07) is 27.5. The highest BCUT2D eigenvalue weighted by atomic mass is 19.2. The first-order valence-electron chi connectivity index (χ1n) is 40.6. The zero-order chi connectivity index (χ0) is 99.8. The first-order valence-corrected chi connectivity index (χ1v) is 40.6. The minimum Gasteiger partial charge on any atom is -0.207 e. The molecule has 0 N–H and O–H groups in total. The molecule has 0 amide bonds. The average Bonchev–Trinajstić information content (AvgIpc) is 0.781. The predicted molar refractivity (Wildman–Crippen MR) is 458 cm³/mol. The van der Waals surface area contributed by atoms with Crippen LogP contribution in [0.2, 0.25) is 0 Å². The summed E-state index contributed by atoms with van der Waals surface area (Å²) in [5.74, 6) is -53.5. The van der Waals surface area contributed by atoms with E-state index in [2.05, 4.69) is 0 Å². The van der Waals surface area contributed by atoms with Crippen LogP contribution in [0.1, 0.15) is 0 Å². The Morgan fingerprint density at radius 3 is 0.293 bits per heavy atom. The fraction of sp³-hybridized carbons (Fsp3) is 0. The standard InChI is InChI=1S/C108H42F32/c109-62-10-47(11-63(110)42-62)94-66(113)14-49(15-67(94)114)96-70(117)18-51(19-71(96)118)98-74(121)22-53(23-75(98)122)100-78(125)26-55(27-79(100)126)102-82(129)30-57(31-83(102)130)104-86(133)34-59(35-87(104)134)106-90(137)38-61(39-91(106)138)108-92(139)40-60(41-93(108)140)107-88(135)36-58(37-89(107)136)105-84(131)32-56(33-85(105)132)103-80(127)28-54(29-81(103)128)101-76(123)24-52(25-77(101)124)99-72(119)20-50(21-73(99)120)97-68(115)16-48(17-69(97)116)95-64(111)12-46(13-65(95)112)45-8-6-44(7-9-45)43-4-2-1-3-5-43/h1-42H. The molecule has 0 spiro atoms. The lowest BCUT2D eigenvalue weighted by Crippen LogP contribution is -2.01. The van der Waals surface area contributed by atoms with Crippen LogP contribution in [0.5, 0.6) is 0 Å². The van der Waals surface area contributed by atoms with Crippen LogP contribution in [-0.2, 0) is 0 Å². The summed E-state index contributed by atoms with van der Waals surface area (Å²) in [5.41, 5.74) is -29.8. The highest BCUT2D eigenvalue weighted by Gasteiger charge is 2.33. The van der Waals surface area contributed by atoms with Gasteiger partial charge < -0.3 is 0 Å². The highest BCUT2D eigenvalue weighted by Crippen LogP contribution is 2.49. The fourth-order valence-corrected chi connectivity index (χ4v) is 17.1. The lowest BCUT2D eigenvalue weighted by Gasteiger charge is -2.15. The van der Waals surface area contributed by atoms with Gasteiger partial charge in [0.05, 0.1) is 83.5 Å². The Morgan fingerprint density at radius 2 is 0.171 bits per heavy atom. The van der Waals surface area contributed by atoms with E-state index in [-0.39, 0.29) is 115 Å². The van der Waals surface area contributed by atoms with Gasteiger partial charge in [-0.1, -0.05) is 54.6 Å². The Kier molecular flexibility index (Phi) is 24.4. The normalized spacial score (nSPS) is 11.6. The van der Waals surface area contributed by atoms with E-state index in [0.29, 0.717) is 84.4 Å². The maximum absolute atomic E-state index is 16.1. The van der Waals surface area contributed by atoms with E-state index in [0.717, 1.165) is 23.3 Å².